The van der Waals surface area contributed by atoms with E-state index in [-0.39, 0.29) is 12.1 Å². The van der Waals surface area contributed by atoms with Crippen molar-refractivity contribution in [2.75, 3.05) is 7.05 Å². The molecule has 1 fully saturated rings. The number of carboxylic acid groups (broad SMARTS) is 1. The lowest BCUT2D eigenvalue weighted by Gasteiger charge is -2.31. The van der Waals surface area contributed by atoms with E-state index in [4.69, 9.17) is 0 Å². The Bertz CT molecular complexity index is 490. The van der Waals surface area contributed by atoms with Gasteiger partial charge in [0, 0.05) is 19.6 Å². The first-order valence-corrected chi connectivity index (χ1v) is 7.36. The molecule has 1 aliphatic rings. The molecule has 0 saturated heterocycles. The highest BCUT2D eigenvalue weighted by Gasteiger charge is 2.32. The van der Waals surface area contributed by atoms with E-state index in [2.05, 4.69) is 5.32 Å². The predicted octanol–water partition coefficient (Wildman–Crippen LogP) is 2.47. The van der Waals surface area contributed by atoms with Gasteiger partial charge in [0.1, 0.15) is 0 Å². The van der Waals surface area contributed by atoms with Crippen molar-refractivity contribution in [1.29, 1.82) is 0 Å². The normalized spacial score (nSPS) is 21.6. The second-order valence-electron chi connectivity index (χ2n) is 5.63. The van der Waals surface area contributed by atoms with Gasteiger partial charge in [0.2, 0.25) is 0 Å². The zero-order chi connectivity index (χ0) is 15.2. The number of carbonyl (C=O) groups excluding carboxylic acids is 1. The number of nitrogens with one attached hydrogen (secondary N) is 1. The van der Waals surface area contributed by atoms with Gasteiger partial charge in [-0.3, -0.25) is 4.79 Å². The van der Waals surface area contributed by atoms with Crippen LogP contribution in [0.4, 0.5) is 4.79 Å². The summed E-state index contributed by atoms with van der Waals surface area (Å²) in [7, 11) is 1.72. The number of hydrogen-bond donors (Lipinski definition) is 2. The molecule has 2 N–H and O–H groups in total. The number of rotatable bonds is 4. The first kappa shape index (κ1) is 15.4. The van der Waals surface area contributed by atoms with Gasteiger partial charge in [0.05, 0.1) is 5.92 Å². The lowest BCUT2D eigenvalue weighted by molar-refractivity contribution is -0.143. The Kier molecular flexibility index (Phi) is 5.20. The van der Waals surface area contributed by atoms with E-state index in [0.29, 0.717) is 13.0 Å². The first-order valence-electron chi connectivity index (χ1n) is 7.36. The van der Waals surface area contributed by atoms with Crippen LogP contribution >= 0.6 is 0 Å². The van der Waals surface area contributed by atoms with Crippen LogP contribution in [0.3, 0.4) is 0 Å². The summed E-state index contributed by atoms with van der Waals surface area (Å²) in [5.41, 5.74) is 1.05. The van der Waals surface area contributed by atoms with Crippen molar-refractivity contribution >= 4 is 12.0 Å². The number of aliphatic carboxylic acids is 1. The number of carbonyl (C=O) groups is 2. The fraction of sp³-hybridized carbons (Fsp3) is 0.500. The molecule has 5 nitrogen and oxygen atoms in total. The van der Waals surface area contributed by atoms with E-state index in [1.165, 1.54) is 0 Å². The van der Waals surface area contributed by atoms with Gasteiger partial charge >= 0.3 is 12.0 Å². The molecule has 0 spiro atoms. The van der Waals surface area contributed by atoms with Crippen molar-refractivity contribution < 1.29 is 14.7 Å². The smallest absolute Gasteiger partial charge is 0.317 e. The maximum Gasteiger partial charge on any atom is 0.317 e. The Hall–Kier alpha value is -2.04. The molecule has 2 rings (SSSR count). The van der Waals surface area contributed by atoms with Crippen molar-refractivity contribution in [2.24, 2.45) is 5.92 Å². The maximum absolute atomic E-state index is 12.2. The third-order valence-corrected chi connectivity index (χ3v) is 4.00. The summed E-state index contributed by atoms with van der Waals surface area (Å²) in [6.07, 6.45) is 3.27. The highest BCUT2D eigenvalue weighted by atomic mass is 16.4. The van der Waals surface area contributed by atoms with E-state index >= 15 is 0 Å². The summed E-state index contributed by atoms with van der Waals surface area (Å²) in [5, 5.41) is 12.1. The van der Waals surface area contributed by atoms with E-state index < -0.39 is 11.9 Å². The van der Waals surface area contributed by atoms with Gasteiger partial charge in [-0.15, -0.1) is 0 Å². The fourth-order valence-corrected chi connectivity index (χ4v) is 2.80. The molecular formula is C16H22N2O3. The molecule has 1 aromatic carbocycles. The lowest BCUT2D eigenvalue weighted by Crippen LogP contribution is -2.49. The highest BCUT2D eigenvalue weighted by Crippen LogP contribution is 2.24. The van der Waals surface area contributed by atoms with Crippen LogP contribution in [0.5, 0.6) is 0 Å². The minimum atomic E-state index is -0.814. The average Bonchev–Trinajstić information content (AvgIpc) is 2.48. The maximum atomic E-state index is 12.2. The van der Waals surface area contributed by atoms with E-state index in [1.54, 1.807) is 11.9 Å². The number of urea groups is 1. The molecule has 1 aromatic rings. The molecular weight excluding hydrogens is 268 g/mol. The number of benzene rings is 1. The van der Waals surface area contributed by atoms with E-state index in [0.717, 1.165) is 24.8 Å². The van der Waals surface area contributed by atoms with Crippen molar-refractivity contribution in [3.05, 3.63) is 35.9 Å². The van der Waals surface area contributed by atoms with Crippen LogP contribution in [0.25, 0.3) is 0 Å². The quantitative estimate of drug-likeness (QED) is 0.895. The van der Waals surface area contributed by atoms with Crippen LogP contribution in [0.2, 0.25) is 0 Å². The highest BCUT2D eigenvalue weighted by molar-refractivity contribution is 5.76. The van der Waals surface area contributed by atoms with Crippen LogP contribution in [0.1, 0.15) is 31.2 Å². The van der Waals surface area contributed by atoms with Crippen molar-refractivity contribution in [1.82, 2.24) is 10.2 Å². The number of nitrogens with zero attached hydrogens (tertiary/aromatic N) is 1. The molecule has 0 aliphatic heterocycles. The Morgan fingerprint density at radius 3 is 2.57 bits per heavy atom. The van der Waals surface area contributed by atoms with Gasteiger partial charge in [0.25, 0.3) is 0 Å². The topological polar surface area (TPSA) is 69.6 Å². The summed E-state index contributed by atoms with van der Waals surface area (Å²) in [6, 6.07) is 9.25. The number of carboxylic acids is 1. The molecule has 2 atom stereocenters. The lowest BCUT2D eigenvalue weighted by atomic mass is 9.84. The van der Waals surface area contributed by atoms with Gasteiger partial charge in [-0.25, -0.2) is 4.79 Å². The summed E-state index contributed by atoms with van der Waals surface area (Å²) >= 11 is 0. The Morgan fingerprint density at radius 1 is 1.24 bits per heavy atom. The monoisotopic (exact) mass is 290 g/mol. The molecule has 5 heteroatoms. The van der Waals surface area contributed by atoms with Crippen LogP contribution in [-0.4, -0.2) is 35.1 Å². The molecule has 114 valence electrons. The second kappa shape index (κ2) is 7.11. The Labute approximate surface area is 125 Å². The third kappa shape index (κ3) is 4.21. The molecule has 1 saturated carbocycles. The predicted molar refractivity (Wildman–Crippen MR) is 79.8 cm³/mol. The summed E-state index contributed by atoms with van der Waals surface area (Å²) < 4.78 is 0. The summed E-state index contributed by atoms with van der Waals surface area (Å²) in [5.74, 6) is -1.28. The zero-order valence-electron chi connectivity index (χ0n) is 12.3. The van der Waals surface area contributed by atoms with Crippen molar-refractivity contribution in [2.45, 2.75) is 38.3 Å². The SMILES string of the molecule is CN(Cc1ccccc1)C(=O)NC1CCCCC1C(=O)O. The fourth-order valence-electron chi connectivity index (χ4n) is 2.80. The largest absolute Gasteiger partial charge is 0.481 e. The van der Waals surface area contributed by atoms with Gasteiger partial charge < -0.3 is 15.3 Å². The molecule has 1 aliphatic carbocycles. The minimum Gasteiger partial charge on any atom is -0.481 e. The van der Waals surface area contributed by atoms with Gasteiger partial charge in [-0.05, 0) is 18.4 Å². The van der Waals surface area contributed by atoms with Crippen LogP contribution in [-0.2, 0) is 11.3 Å². The van der Waals surface area contributed by atoms with Crippen molar-refractivity contribution in [3.8, 4) is 0 Å². The minimum absolute atomic E-state index is 0.211. The molecule has 2 unspecified atom stereocenters. The Morgan fingerprint density at radius 2 is 1.90 bits per heavy atom. The molecule has 0 bridgehead atoms. The summed E-state index contributed by atoms with van der Waals surface area (Å²) in [6.45, 7) is 0.511. The number of hydrogen-bond acceptors (Lipinski definition) is 2. The standard InChI is InChI=1S/C16H22N2O3/c1-18(11-12-7-3-2-4-8-12)16(21)17-14-10-6-5-9-13(14)15(19)20/h2-4,7-8,13-14H,5-6,9-11H2,1H3,(H,17,21)(H,19,20). The van der Waals surface area contributed by atoms with Gasteiger partial charge in [-0.1, -0.05) is 43.2 Å². The van der Waals surface area contributed by atoms with Gasteiger partial charge in [-0.2, -0.15) is 0 Å². The molecule has 0 radical (unpaired) electrons. The molecule has 0 heterocycles. The van der Waals surface area contributed by atoms with Crippen LogP contribution in [0.15, 0.2) is 30.3 Å². The summed E-state index contributed by atoms with van der Waals surface area (Å²) in [4.78, 5) is 25.0. The Balaban J connectivity index is 1.91. The van der Waals surface area contributed by atoms with Crippen LogP contribution in [0, 0.1) is 5.92 Å². The van der Waals surface area contributed by atoms with Gasteiger partial charge in [0.15, 0.2) is 0 Å². The van der Waals surface area contributed by atoms with E-state index in [9.17, 15) is 14.7 Å². The number of amides is 2. The third-order valence-electron chi connectivity index (χ3n) is 4.00. The van der Waals surface area contributed by atoms with Crippen LogP contribution < -0.4 is 5.32 Å². The molecule has 21 heavy (non-hydrogen) atoms. The van der Waals surface area contributed by atoms with E-state index in [1.807, 2.05) is 30.3 Å². The first-order chi connectivity index (χ1) is 10.1. The molecule has 0 aromatic heterocycles. The molecule has 2 amide bonds. The average molecular weight is 290 g/mol. The van der Waals surface area contributed by atoms with Crippen molar-refractivity contribution in [3.63, 3.8) is 0 Å². The zero-order valence-corrected chi connectivity index (χ0v) is 12.3. The second-order valence-corrected chi connectivity index (χ2v) is 5.63.